The van der Waals surface area contributed by atoms with Crippen LogP contribution < -0.4 is 4.72 Å². The van der Waals surface area contributed by atoms with Crippen molar-refractivity contribution in [2.24, 2.45) is 5.92 Å². The summed E-state index contributed by atoms with van der Waals surface area (Å²) in [6.45, 7) is 4.53. The van der Waals surface area contributed by atoms with Crippen molar-refractivity contribution in [3.05, 3.63) is 0 Å². The van der Waals surface area contributed by atoms with Crippen LogP contribution in [0.5, 0.6) is 0 Å². The molecule has 0 aromatic rings. The SMILES string of the molecule is CC(C)CC(Cl)CNS(=O)(=O)C1CCCC1. The first-order valence-electron chi connectivity index (χ1n) is 6.04. The minimum atomic E-state index is -3.13. The predicted molar refractivity (Wildman–Crippen MR) is 68.3 cm³/mol. The summed E-state index contributed by atoms with van der Waals surface area (Å²) in [5.74, 6) is 0.499. The summed E-state index contributed by atoms with van der Waals surface area (Å²) in [6, 6.07) is 0. The topological polar surface area (TPSA) is 46.2 Å². The highest BCUT2D eigenvalue weighted by molar-refractivity contribution is 7.90. The molecule has 1 saturated carbocycles. The van der Waals surface area contributed by atoms with Gasteiger partial charge in [0.15, 0.2) is 0 Å². The average Bonchev–Trinajstić information content (AvgIpc) is 2.67. The van der Waals surface area contributed by atoms with E-state index in [0.29, 0.717) is 12.5 Å². The minimum Gasteiger partial charge on any atom is -0.214 e. The van der Waals surface area contributed by atoms with Gasteiger partial charge in [0, 0.05) is 11.9 Å². The van der Waals surface area contributed by atoms with E-state index in [1.807, 2.05) is 0 Å². The maximum atomic E-state index is 11.9. The van der Waals surface area contributed by atoms with Gasteiger partial charge in [0.2, 0.25) is 10.0 Å². The molecule has 3 nitrogen and oxygen atoms in total. The van der Waals surface area contributed by atoms with Gasteiger partial charge < -0.3 is 0 Å². The van der Waals surface area contributed by atoms with Crippen molar-refractivity contribution in [1.29, 1.82) is 0 Å². The summed E-state index contributed by atoms with van der Waals surface area (Å²) in [4.78, 5) is 0. The zero-order chi connectivity index (χ0) is 12.2. The summed E-state index contributed by atoms with van der Waals surface area (Å²) in [6.07, 6.45) is 4.50. The summed E-state index contributed by atoms with van der Waals surface area (Å²) in [5, 5.41) is -0.286. The van der Waals surface area contributed by atoms with Crippen LogP contribution in [-0.2, 0) is 10.0 Å². The Morgan fingerprint density at radius 1 is 1.31 bits per heavy atom. The molecule has 1 fully saturated rings. The lowest BCUT2D eigenvalue weighted by atomic mass is 10.1. The van der Waals surface area contributed by atoms with Gasteiger partial charge in [-0.1, -0.05) is 26.7 Å². The molecule has 0 amide bonds. The zero-order valence-corrected chi connectivity index (χ0v) is 11.6. The van der Waals surface area contributed by atoms with Crippen LogP contribution in [0.2, 0.25) is 0 Å². The van der Waals surface area contributed by atoms with E-state index in [-0.39, 0.29) is 10.6 Å². The van der Waals surface area contributed by atoms with Crippen LogP contribution in [0.25, 0.3) is 0 Å². The highest BCUT2D eigenvalue weighted by Crippen LogP contribution is 2.24. The third-order valence-corrected chi connectivity index (χ3v) is 5.22. The first-order valence-corrected chi connectivity index (χ1v) is 8.02. The number of sulfonamides is 1. The Hall–Kier alpha value is 0.200. The van der Waals surface area contributed by atoms with E-state index >= 15 is 0 Å². The molecule has 1 N–H and O–H groups in total. The van der Waals surface area contributed by atoms with Crippen molar-refractivity contribution in [1.82, 2.24) is 4.72 Å². The Labute approximate surface area is 104 Å². The van der Waals surface area contributed by atoms with Gasteiger partial charge in [-0.15, -0.1) is 11.6 Å². The summed E-state index contributed by atoms with van der Waals surface area (Å²) in [7, 11) is -3.13. The van der Waals surface area contributed by atoms with E-state index in [9.17, 15) is 8.42 Å². The first kappa shape index (κ1) is 14.3. The molecule has 1 atom stereocenters. The van der Waals surface area contributed by atoms with Crippen molar-refractivity contribution in [2.75, 3.05) is 6.54 Å². The Morgan fingerprint density at radius 3 is 2.38 bits per heavy atom. The van der Waals surface area contributed by atoms with Crippen molar-refractivity contribution >= 4 is 21.6 Å². The van der Waals surface area contributed by atoms with Crippen molar-refractivity contribution in [3.63, 3.8) is 0 Å². The molecule has 0 saturated heterocycles. The molecule has 1 aliphatic rings. The van der Waals surface area contributed by atoms with Crippen LogP contribution in [-0.4, -0.2) is 25.6 Å². The van der Waals surface area contributed by atoms with Crippen molar-refractivity contribution in [3.8, 4) is 0 Å². The molecular weight excluding hydrogens is 246 g/mol. The monoisotopic (exact) mass is 267 g/mol. The van der Waals surface area contributed by atoms with Crippen LogP contribution in [0.4, 0.5) is 0 Å². The maximum Gasteiger partial charge on any atom is 0.214 e. The predicted octanol–water partition coefficient (Wildman–Crippen LogP) is 2.50. The lowest BCUT2D eigenvalue weighted by Gasteiger charge is -2.16. The lowest BCUT2D eigenvalue weighted by molar-refractivity contribution is 0.537. The number of alkyl halides is 1. The fourth-order valence-electron chi connectivity index (χ4n) is 2.12. The highest BCUT2D eigenvalue weighted by atomic mass is 35.5. The third kappa shape index (κ3) is 4.60. The molecule has 96 valence electrons. The molecular formula is C11H22ClNO2S. The average molecular weight is 268 g/mol. The maximum absolute atomic E-state index is 11.9. The van der Waals surface area contributed by atoms with Gasteiger partial charge in [-0.25, -0.2) is 13.1 Å². The second kappa shape index (κ2) is 6.22. The standard InChI is InChI=1S/C11H22ClNO2S/c1-9(2)7-10(12)8-13-16(14,15)11-5-3-4-6-11/h9-11,13H,3-8H2,1-2H3. The fourth-order valence-corrected chi connectivity index (χ4v) is 4.27. The fraction of sp³-hybridized carbons (Fsp3) is 1.00. The zero-order valence-electron chi connectivity index (χ0n) is 10.1. The molecule has 5 heteroatoms. The Morgan fingerprint density at radius 2 is 1.88 bits per heavy atom. The van der Waals surface area contributed by atoms with Crippen LogP contribution in [0.3, 0.4) is 0 Å². The number of nitrogens with one attached hydrogen (secondary N) is 1. The van der Waals surface area contributed by atoms with E-state index in [4.69, 9.17) is 11.6 Å². The van der Waals surface area contributed by atoms with Gasteiger partial charge in [0.25, 0.3) is 0 Å². The Kier molecular flexibility index (Phi) is 5.54. The molecule has 0 aliphatic heterocycles. The lowest BCUT2D eigenvalue weighted by Crippen LogP contribution is -2.36. The molecule has 16 heavy (non-hydrogen) atoms. The van der Waals surface area contributed by atoms with Crippen LogP contribution >= 0.6 is 11.6 Å². The van der Waals surface area contributed by atoms with Crippen LogP contribution in [0, 0.1) is 5.92 Å². The first-order chi connectivity index (χ1) is 7.42. The molecule has 0 heterocycles. The largest absolute Gasteiger partial charge is 0.214 e. The van der Waals surface area contributed by atoms with Gasteiger partial charge >= 0.3 is 0 Å². The molecule has 0 aromatic heterocycles. The smallest absolute Gasteiger partial charge is 0.214 e. The van der Waals surface area contributed by atoms with Gasteiger partial charge in [0.1, 0.15) is 0 Å². The van der Waals surface area contributed by atoms with Crippen molar-refractivity contribution < 1.29 is 8.42 Å². The van der Waals surface area contributed by atoms with Crippen LogP contribution in [0.1, 0.15) is 46.0 Å². The van der Waals surface area contributed by atoms with E-state index < -0.39 is 10.0 Å². The Bertz CT molecular complexity index is 297. The quantitative estimate of drug-likeness (QED) is 0.752. The van der Waals surface area contributed by atoms with Gasteiger partial charge in [-0.05, 0) is 25.2 Å². The second-order valence-corrected chi connectivity index (χ2v) is 7.69. The van der Waals surface area contributed by atoms with Crippen molar-refractivity contribution in [2.45, 2.75) is 56.6 Å². The van der Waals surface area contributed by atoms with Crippen LogP contribution in [0.15, 0.2) is 0 Å². The highest BCUT2D eigenvalue weighted by Gasteiger charge is 2.28. The third-order valence-electron chi connectivity index (χ3n) is 2.97. The molecule has 0 spiro atoms. The van der Waals surface area contributed by atoms with E-state index in [1.54, 1.807) is 0 Å². The van der Waals surface area contributed by atoms with Gasteiger partial charge in [-0.3, -0.25) is 0 Å². The molecule has 1 unspecified atom stereocenters. The molecule has 0 bridgehead atoms. The molecule has 1 rings (SSSR count). The number of rotatable bonds is 6. The Balaban J connectivity index is 2.35. The number of hydrogen-bond donors (Lipinski definition) is 1. The second-order valence-electron chi connectivity index (χ2n) is 5.03. The molecule has 1 aliphatic carbocycles. The van der Waals surface area contributed by atoms with E-state index in [0.717, 1.165) is 32.1 Å². The van der Waals surface area contributed by atoms with E-state index in [1.165, 1.54) is 0 Å². The van der Waals surface area contributed by atoms with E-state index in [2.05, 4.69) is 18.6 Å². The minimum absolute atomic E-state index is 0.101. The number of halogens is 1. The molecule has 0 radical (unpaired) electrons. The summed E-state index contributed by atoms with van der Waals surface area (Å²) < 4.78 is 26.4. The van der Waals surface area contributed by atoms with Gasteiger partial charge in [-0.2, -0.15) is 0 Å². The summed E-state index contributed by atoms with van der Waals surface area (Å²) >= 11 is 6.06. The number of hydrogen-bond acceptors (Lipinski definition) is 2. The molecule has 0 aromatic carbocycles. The normalized spacial score (nSPS) is 20.5. The summed E-state index contributed by atoms with van der Waals surface area (Å²) in [5.41, 5.74) is 0. The van der Waals surface area contributed by atoms with Gasteiger partial charge in [0.05, 0.1) is 5.25 Å².